The van der Waals surface area contributed by atoms with Crippen molar-refractivity contribution in [2.24, 2.45) is 4.99 Å². The van der Waals surface area contributed by atoms with Gasteiger partial charge in [0.05, 0.1) is 23.4 Å². The third kappa shape index (κ3) is 3.80. The van der Waals surface area contributed by atoms with Crippen LogP contribution in [0.3, 0.4) is 0 Å². The van der Waals surface area contributed by atoms with E-state index >= 15 is 0 Å². The quantitative estimate of drug-likeness (QED) is 0.598. The number of aliphatic imine (C=N–C) groups is 1. The minimum Gasteiger partial charge on any atom is -0.351 e. The van der Waals surface area contributed by atoms with Gasteiger partial charge in [0.2, 0.25) is 12.1 Å². The van der Waals surface area contributed by atoms with E-state index in [9.17, 15) is 14.0 Å². The fraction of sp³-hybridized carbons (Fsp3) is 0.130. The molecule has 2 amide bonds. The maximum atomic E-state index is 14.7. The molecular formula is C23H19ClFN5O2. The van der Waals surface area contributed by atoms with E-state index in [2.05, 4.69) is 20.3 Å². The summed E-state index contributed by atoms with van der Waals surface area (Å²) in [5.74, 6) is -1.29. The Labute approximate surface area is 189 Å². The molecule has 2 aromatic carbocycles. The highest BCUT2D eigenvalue weighted by molar-refractivity contribution is 6.21. The first kappa shape index (κ1) is 21.5. The molecule has 9 heteroatoms. The summed E-state index contributed by atoms with van der Waals surface area (Å²) in [6.07, 6.45) is 5.46. The molecule has 0 saturated carbocycles. The Bertz CT molecular complexity index is 1240. The molecule has 3 heterocycles. The third-order valence-corrected chi connectivity index (χ3v) is 5.34. The van der Waals surface area contributed by atoms with Crippen LogP contribution in [0.2, 0.25) is 0 Å². The van der Waals surface area contributed by atoms with Crippen LogP contribution >= 0.6 is 12.4 Å². The molecule has 0 bridgehead atoms. The maximum Gasteiger partial charge on any atom is 0.272 e. The molecule has 0 fully saturated rings. The summed E-state index contributed by atoms with van der Waals surface area (Å²) in [7, 11) is 0. The number of imidazole rings is 1. The van der Waals surface area contributed by atoms with E-state index in [0.29, 0.717) is 29.9 Å². The number of anilines is 1. The molecule has 1 aromatic heterocycles. The largest absolute Gasteiger partial charge is 0.351 e. The van der Waals surface area contributed by atoms with Crippen LogP contribution in [-0.2, 0) is 16.0 Å². The van der Waals surface area contributed by atoms with Gasteiger partial charge in [-0.3, -0.25) is 9.59 Å². The Morgan fingerprint density at radius 1 is 1.19 bits per heavy atom. The van der Waals surface area contributed by atoms with Crippen LogP contribution < -0.4 is 10.2 Å². The van der Waals surface area contributed by atoms with Gasteiger partial charge in [0.15, 0.2) is 0 Å². The number of aromatic nitrogens is 2. The highest BCUT2D eigenvalue weighted by Crippen LogP contribution is 2.36. The lowest BCUT2D eigenvalue weighted by Crippen LogP contribution is -2.46. The fourth-order valence-electron chi connectivity index (χ4n) is 3.94. The average molecular weight is 452 g/mol. The van der Waals surface area contributed by atoms with Crippen molar-refractivity contribution in [1.29, 1.82) is 0 Å². The third-order valence-electron chi connectivity index (χ3n) is 5.34. The maximum absolute atomic E-state index is 14.7. The van der Waals surface area contributed by atoms with Crippen LogP contribution in [0, 0.1) is 5.82 Å². The zero-order valence-electron chi connectivity index (χ0n) is 16.8. The van der Waals surface area contributed by atoms with Crippen molar-refractivity contribution in [1.82, 2.24) is 15.3 Å². The van der Waals surface area contributed by atoms with Crippen molar-refractivity contribution in [3.63, 3.8) is 0 Å². The fourth-order valence-corrected chi connectivity index (χ4v) is 3.94. The Morgan fingerprint density at radius 2 is 2.00 bits per heavy atom. The van der Waals surface area contributed by atoms with Crippen molar-refractivity contribution in [2.75, 3.05) is 11.4 Å². The number of benzene rings is 2. The molecule has 1 unspecified atom stereocenters. The van der Waals surface area contributed by atoms with E-state index in [1.165, 1.54) is 24.5 Å². The molecule has 3 aromatic rings. The minimum absolute atomic E-state index is 0. The number of carbonyl (C=O) groups excluding carboxylic acids is 2. The first-order chi connectivity index (χ1) is 15.1. The average Bonchev–Trinajstić information content (AvgIpc) is 3.43. The van der Waals surface area contributed by atoms with Gasteiger partial charge < -0.3 is 15.2 Å². The smallest absolute Gasteiger partial charge is 0.272 e. The number of aromatic amines is 1. The lowest BCUT2D eigenvalue weighted by molar-refractivity contribution is -0.125. The van der Waals surface area contributed by atoms with E-state index in [4.69, 9.17) is 0 Å². The molecule has 2 aliphatic rings. The van der Waals surface area contributed by atoms with Gasteiger partial charge in [0, 0.05) is 29.9 Å². The summed E-state index contributed by atoms with van der Waals surface area (Å²) in [4.78, 5) is 38.8. The van der Waals surface area contributed by atoms with E-state index < -0.39 is 17.9 Å². The molecule has 32 heavy (non-hydrogen) atoms. The molecule has 0 radical (unpaired) electrons. The molecule has 2 N–H and O–H groups in total. The minimum atomic E-state index is -1.18. The number of nitrogens with one attached hydrogen (secondary N) is 2. The van der Waals surface area contributed by atoms with Crippen molar-refractivity contribution in [3.8, 4) is 0 Å². The van der Waals surface area contributed by atoms with Crippen molar-refractivity contribution >= 4 is 41.7 Å². The summed E-state index contributed by atoms with van der Waals surface area (Å²) in [6, 6.07) is 12.0. The summed E-state index contributed by atoms with van der Waals surface area (Å²) in [5.41, 5.74) is 3.61. The highest BCUT2D eigenvalue weighted by atomic mass is 35.5. The number of para-hydroxylation sites is 1. The van der Waals surface area contributed by atoms with Gasteiger partial charge >= 0.3 is 0 Å². The monoisotopic (exact) mass is 451 g/mol. The molecule has 2 aliphatic heterocycles. The van der Waals surface area contributed by atoms with Gasteiger partial charge in [-0.05, 0) is 30.2 Å². The molecule has 0 aliphatic carbocycles. The normalized spacial score (nSPS) is 16.9. The van der Waals surface area contributed by atoms with Crippen LogP contribution in [0.1, 0.15) is 22.4 Å². The molecule has 1 atom stereocenters. The number of nitrogens with zero attached hydrogens (tertiary/aromatic N) is 3. The molecule has 5 rings (SSSR count). The van der Waals surface area contributed by atoms with Crippen LogP contribution in [0.25, 0.3) is 6.08 Å². The topological polar surface area (TPSA) is 90.4 Å². The number of H-pyrrole nitrogens is 1. The van der Waals surface area contributed by atoms with Crippen LogP contribution in [0.15, 0.2) is 66.1 Å². The van der Waals surface area contributed by atoms with E-state index in [-0.39, 0.29) is 23.9 Å². The van der Waals surface area contributed by atoms with Crippen LogP contribution in [-0.4, -0.2) is 40.2 Å². The SMILES string of the molecule is Cl.O=C(/C=C/c1c[nH]cn1)NC1N=C(c2ccccc2F)c2cccc3c2N(CC3)C1=O. The Hall–Kier alpha value is -3.78. The van der Waals surface area contributed by atoms with Crippen molar-refractivity contribution in [3.05, 3.63) is 89.3 Å². The van der Waals surface area contributed by atoms with Gasteiger partial charge in [-0.2, -0.15) is 0 Å². The predicted molar refractivity (Wildman–Crippen MR) is 121 cm³/mol. The van der Waals surface area contributed by atoms with Crippen molar-refractivity contribution < 1.29 is 14.0 Å². The molecule has 0 spiro atoms. The van der Waals surface area contributed by atoms with Gasteiger partial charge in [-0.15, -0.1) is 12.4 Å². The van der Waals surface area contributed by atoms with E-state index in [1.54, 1.807) is 29.3 Å². The second-order valence-electron chi connectivity index (χ2n) is 7.25. The first-order valence-electron chi connectivity index (χ1n) is 9.85. The highest BCUT2D eigenvalue weighted by Gasteiger charge is 2.37. The second kappa shape index (κ2) is 8.76. The molecule has 7 nitrogen and oxygen atoms in total. The van der Waals surface area contributed by atoms with Gasteiger partial charge in [0.1, 0.15) is 5.82 Å². The van der Waals surface area contributed by atoms with Crippen LogP contribution in [0.5, 0.6) is 0 Å². The van der Waals surface area contributed by atoms with Crippen LogP contribution in [0.4, 0.5) is 10.1 Å². The molecule has 0 saturated heterocycles. The Morgan fingerprint density at radius 3 is 2.78 bits per heavy atom. The summed E-state index contributed by atoms with van der Waals surface area (Å²) >= 11 is 0. The summed E-state index contributed by atoms with van der Waals surface area (Å²) in [6.45, 7) is 0.487. The Kier molecular flexibility index (Phi) is 5.87. The zero-order valence-corrected chi connectivity index (χ0v) is 17.6. The van der Waals surface area contributed by atoms with Gasteiger partial charge in [-0.1, -0.05) is 30.3 Å². The van der Waals surface area contributed by atoms with Gasteiger partial charge in [-0.25, -0.2) is 14.4 Å². The standard InChI is InChI=1S/C23H18FN5O2.ClH/c24-18-7-2-1-5-16(18)20-17-6-3-4-14-10-11-29(21(14)17)23(31)22(28-20)27-19(30)9-8-15-12-25-13-26-15;/h1-9,12-13,22H,10-11H2,(H,25,26)(H,27,30);1H/b9-8+;. The number of hydrogen-bond acceptors (Lipinski definition) is 4. The zero-order chi connectivity index (χ0) is 21.4. The summed E-state index contributed by atoms with van der Waals surface area (Å²) < 4.78 is 14.7. The number of carbonyl (C=O) groups is 2. The van der Waals surface area contributed by atoms with Crippen molar-refractivity contribution in [2.45, 2.75) is 12.6 Å². The molecular weight excluding hydrogens is 433 g/mol. The lowest BCUT2D eigenvalue weighted by atomic mass is 9.98. The molecule has 162 valence electrons. The summed E-state index contributed by atoms with van der Waals surface area (Å²) in [5, 5.41) is 2.65. The second-order valence-corrected chi connectivity index (χ2v) is 7.25. The predicted octanol–water partition coefficient (Wildman–Crippen LogP) is 2.87. The lowest BCUT2D eigenvalue weighted by Gasteiger charge is -2.20. The number of rotatable bonds is 4. The number of hydrogen-bond donors (Lipinski definition) is 2. The first-order valence-corrected chi connectivity index (χ1v) is 9.85. The Balaban J connectivity index is 0.00000245. The van der Waals surface area contributed by atoms with Gasteiger partial charge in [0.25, 0.3) is 5.91 Å². The number of amides is 2. The number of halogens is 2. The van der Waals surface area contributed by atoms with E-state index in [1.807, 2.05) is 18.2 Å². The van der Waals surface area contributed by atoms with E-state index in [0.717, 1.165) is 11.3 Å².